The van der Waals surface area contributed by atoms with E-state index in [0.29, 0.717) is 18.4 Å². The predicted molar refractivity (Wildman–Crippen MR) is 86.0 cm³/mol. The smallest absolute Gasteiger partial charge is 0.339 e. The number of rotatable bonds is 1. The van der Waals surface area contributed by atoms with Crippen molar-refractivity contribution in [3.63, 3.8) is 0 Å². The fourth-order valence-electron chi connectivity index (χ4n) is 2.92. The number of cyclic esters (lactones) is 1. The Hall–Kier alpha value is -2.17. The Labute approximate surface area is 135 Å². The van der Waals surface area contributed by atoms with Crippen LogP contribution in [0.1, 0.15) is 40.4 Å². The van der Waals surface area contributed by atoms with Crippen molar-refractivity contribution >= 4 is 5.97 Å². The molecule has 0 bridgehead atoms. The van der Waals surface area contributed by atoms with E-state index in [1.54, 1.807) is 12.1 Å². The molecule has 2 aromatic rings. The lowest BCUT2D eigenvalue weighted by Gasteiger charge is -2.26. The van der Waals surface area contributed by atoms with E-state index in [1.165, 1.54) is 0 Å². The highest BCUT2D eigenvalue weighted by molar-refractivity contribution is 5.91. The van der Waals surface area contributed by atoms with Crippen LogP contribution in [0.3, 0.4) is 0 Å². The lowest BCUT2D eigenvalue weighted by atomic mass is 9.94. The molecule has 1 aliphatic rings. The summed E-state index contributed by atoms with van der Waals surface area (Å²) in [6, 6.07) is 16.6. The zero-order valence-corrected chi connectivity index (χ0v) is 12.8. The van der Waals surface area contributed by atoms with Gasteiger partial charge in [-0.05, 0) is 30.0 Å². The molecule has 0 unspecified atom stereocenters. The molecule has 1 heterocycles. The monoisotopic (exact) mass is 312 g/mol. The molecular formula is C19H20O4. The van der Waals surface area contributed by atoms with Crippen LogP contribution in [0.15, 0.2) is 54.6 Å². The highest BCUT2D eigenvalue weighted by atomic mass is 16.5. The fourth-order valence-corrected chi connectivity index (χ4v) is 2.92. The van der Waals surface area contributed by atoms with Gasteiger partial charge in [-0.25, -0.2) is 4.79 Å². The molecule has 2 N–H and O–H groups in total. The number of carbonyl (C=O) groups is 1. The second-order valence-corrected chi connectivity index (χ2v) is 5.87. The summed E-state index contributed by atoms with van der Waals surface area (Å²) >= 11 is 0. The zero-order valence-electron chi connectivity index (χ0n) is 12.8. The van der Waals surface area contributed by atoms with E-state index in [2.05, 4.69) is 0 Å². The molecule has 3 rings (SSSR count). The number of aliphatic hydroxyl groups excluding tert-OH is 2. The lowest BCUT2D eigenvalue weighted by molar-refractivity contribution is -0.0286. The molecule has 0 fully saturated rings. The average Bonchev–Trinajstić information content (AvgIpc) is 2.59. The SMILES string of the molecule is O=C1O[C@@H](c2ccccc2)C[C@@H](O)[C@H](O)CCc2ccccc21. The average molecular weight is 312 g/mol. The minimum atomic E-state index is -0.932. The Bertz CT molecular complexity index is 668. The normalized spacial score (nSPS) is 25.3. The van der Waals surface area contributed by atoms with E-state index in [9.17, 15) is 15.0 Å². The van der Waals surface area contributed by atoms with Crippen molar-refractivity contribution in [2.45, 2.75) is 37.6 Å². The van der Waals surface area contributed by atoms with Crippen molar-refractivity contribution < 1.29 is 19.7 Å². The van der Waals surface area contributed by atoms with Crippen LogP contribution in [0.25, 0.3) is 0 Å². The topological polar surface area (TPSA) is 66.8 Å². The van der Waals surface area contributed by atoms with Crippen molar-refractivity contribution in [3.8, 4) is 0 Å². The Morgan fingerprint density at radius 2 is 1.61 bits per heavy atom. The molecule has 0 aliphatic carbocycles. The molecule has 4 heteroatoms. The van der Waals surface area contributed by atoms with Crippen molar-refractivity contribution in [1.29, 1.82) is 0 Å². The lowest BCUT2D eigenvalue weighted by Crippen LogP contribution is -2.31. The molecule has 120 valence electrons. The number of esters is 1. The summed E-state index contributed by atoms with van der Waals surface area (Å²) in [5, 5.41) is 20.4. The van der Waals surface area contributed by atoms with Gasteiger partial charge in [0, 0.05) is 6.42 Å². The Morgan fingerprint density at radius 3 is 2.39 bits per heavy atom. The van der Waals surface area contributed by atoms with E-state index in [0.717, 1.165) is 11.1 Å². The summed E-state index contributed by atoms with van der Waals surface area (Å²) in [6.07, 6.45) is -1.24. The molecule has 0 saturated heterocycles. The summed E-state index contributed by atoms with van der Waals surface area (Å²) < 4.78 is 5.65. The Balaban J connectivity index is 1.96. The molecule has 2 aromatic carbocycles. The maximum Gasteiger partial charge on any atom is 0.339 e. The molecule has 0 aromatic heterocycles. The maximum absolute atomic E-state index is 12.5. The highest BCUT2D eigenvalue weighted by Gasteiger charge is 2.28. The number of aliphatic hydroxyl groups is 2. The second kappa shape index (κ2) is 6.94. The third-order valence-electron chi connectivity index (χ3n) is 4.27. The molecule has 1 aliphatic heterocycles. The first-order chi connectivity index (χ1) is 11.1. The van der Waals surface area contributed by atoms with Gasteiger partial charge >= 0.3 is 5.97 Å². The standard InChI is InChI=1S/C19H20O4/c20-16-11-10-13-6-4-5-9-15(13)19(22)23-18(12-17(16)21)14-7-2-1-3-8-14/h1-9,16-18,20-21H,10-12H2/t16-,17-,18-/m1/s1. The van der Waals surface area contributed by atoms with Crippen molar-refractivity contribution in [3.05, 3.63) is 71.3 Å². The van der Waals surface area contributed by atoms with Crippen LogP contribution in [0.4, 0.5) is 0 Å². The van der Waals surface area contributed by atoms with Crippen LogP contribution >= 0.6 is 0 Å². The third-order valence-corrected chi connectivity index (χ3v) is 4.27. The fraction of sp³-hybridized carbons (Fsp3) is 0.316. The van der Waals surface area contributed by atoms with Gasteiger partial charge in [0.2, 0.25) is 0 Å². The number of aryl methyl sites for hydroxylation is 1. The molecule has 0 radical (unpaired) electrons. The van der Waals surface area contributed by atoms with E-state index in [4.69, 9.17) is 4.74 Å². The van der Waals surface area contributed by atoms with Crippen LogP contribution < -0.4 is 0 Å². The van der Waals surface area contributed by atoms with Gasteiger partial charge in [0.1, 0.15) is 6.10 Å². The van der Waals surface area contributed by atoms with Crippen LogP contribution in [0, 0.1) is 0 Å². The number of carbonyl (C=O) groups excluding carboxylic acids is 1. The van der Waals surface area contributed by atoms with Crippen molar-refractivity contribution in [2.24, 2.45) is 0 Å². The molecular weight excluding hydrogens is 292 g/mol. The number of hydrogen-bond donors (Lipinski definition) is 2. The molecule has 4 nitrogen and oxygen atoms in total. The van der Waals surface area contributed by atoms with E-state index < -0.39 is 24.3 Å². The first-order valence-corrected chi connectivity index (χ1v) is 7.85. The maximum atomic E-state index is 12.5. The summed E-state index contributed by atoms with van der Waals surface area (Å²) in [5.41, 5.74) is 2.17. The zero-order chi connectivity index (χ0) is 16.2. The minimum Gasteiger partial charge on any atom is -0.454 e. The van der Waals surface area contributed by atoms with Crippen LogP contribution in [-0.2, 0) is 11.2 Å². The minimum absolute atomic E-state index is 0.180. The summed E-state index contributed by atoms with van der Waals surface area (Å²) in [5.74, 6) is -0.391. The van der Waals surface area contributed by atoms with Gasteiger partial charge in [0.05, 0.1) is 17.8 Å². The summed E-state index contributed by atoms with van der Waals surface area (Å²) in [6.45, 7) is 0. The van der Waals surface area contributed by atoms with Crippen LogP contribution in [-0.4, -0.2) is 28.4 Å². The summed E-state index contributed by atoms with van der Waals surface area (Å²) in [4.78, 5) is 12.5. The van der Waals surface area contributed by atoms with Gasteiger partial charge in [0.15, 0.2) is 0 Å². The van der Waals surface area contributed by atoms with Crippen LogP contribution in [0.2, 0.25) is 0 Å². The molecule has 3 atom stereocenters. The molecule has 0 spiro atoms. The number of ether oxygens (including phenoxy) is 1. The van der Waals surface area contributed by atoms with Crippen molar-refractivity contribution in [1.82, 2.24) is 0 Å². The van der Waals surface area contributed by atoms with E-state index >= 15 is 0 Å². The quantitative estimate of drug-likeness (QED) is 0.795. The van der Waals surface area contributed by atoms with Gasteiger partial charge in [0.25, 0.3) is 0 Å². The number of benzene rings is 2. The van der Waals surface area contributed by atoms with Gasteiger partial charge in [-0.3, -0.25) is 0 Å². The number of fused-ring (bicyclic) bond motifs is 1. The van der Waals surface area contributed by atoms with Gasteiger partial charge in [-0.15, -0.1) is 0 Å². The van der Waals surface area contributed by atoms with Gasteiger partial charge in [-0.2, -0.15) is 0 Å². The largest absolute Gasteiger partial charge is 0.454 e. The third kappa shape index (κ3) is 3.60. The Morgan fingerprint density at radius 1 is 0.913 bits per heavy atom. The first-order valence-electron chi connectivity index (χ1n) is 7.85. The van der Waals surface area contributed by atoms with Crippen LogP contribution in [0.5, 0.6) is 0 Å². The van der Waals surface area contributed by atoms with Gasteiger partial charge < -0.3 is 14.9 Å². The van der Waals surface area contributed by atoms with E-state index in [1.807, 2.05) is 42.5 Å². The van der Waals surface area contributed by atoms with Crippen molar-refractivity contribution in [2.75, 3.05) is 0 Å². The highest BCUT2D eigenvalue weighted by Crippen LogP contribution is 2.28. The second-order valence-electron chi connectivity index (χ2n) is 5.87. The Kier molecular flexibility index (Phi) is 4.74. The number of hydrogen-bond acceptors (Lipinski definition) is 4. The predicted octanol–water partition coefficient (Wildman–Crippen LogP) is 2.64. The molecule has 0 saturated carbocycles. The van der Waals surface area contributed by atoms with Gasteiger partial charge in [-0.1, -0.05) is 48.5 Å². The van der Waals surface area contributed by atoms with E-state index in [-0.39, 0.29) is 6.42 Å². The molecule has 0 amide bonds. The first kappa shape index (κ1) is 15.7. The molecule has 23 heavy (non-hydrogen) atoms. The summed E-state index contributed by atoms with van der Waals surface area (Å²) in [7, 11) is 0.